The van der Waals surface area contributed by atoms with Crippen molar-refractivity contribution >= 4 is 11.9 Å². The molecule has 358 valence electrons. The maximum absolute atomic E-state index is 15.1. The molecule has 0 spiro atoms. The van der Waals surface area contributed by atoms with Gasteiger partial charge in [-0.05, 0) is 0 Å². The standard InChI is InChI=1S/C24H18F29NO6/c1-6(56)60-9(10(59)54(2,3)4-8(57)58)7(5-55)11(25,26)12(27,28)13(29,30)14(31,32)15(33,34)16(35,36)17(37,38)18(39,40)19(41,42)20(43,44)21(45,46)22(47,48)23(49,50)24(51,52)53/h7,9-10,55,59H,4-5H2,1-3H3. The number of hydrogen-bond acceptors (Lipinski definition) is 6. The highest BCUT2D eigenvalue weighted by atomic mass is 19.4. The van der Waals surface area contributed by atoms with E-state index in [9.17, 15) is 143 Å². The quantitative estimate of drug-likeness (QED) is 0.0626. The van der Waals surface area contributed by atoms with Gasteiger partial charge in [0.2, 0.25) is 6.23 Å². The number of likely N-dealkylation sites (N-methyl/N-ethyl adjacent to an activating group) is 1. The summed E-state index contributed by atoms with van der Waals surface area (Å²) < 4.78 is 404. The van der Waals surface area contributed by atoms with E-state index in [1.165, 1.54) is 0 Å². The van der Waals surface area contributed by atoms with Crippen LogP contribution in [0.1, 0.15) is 6.92 Å². The predicted molar refractivity (Wildman–Crippen MR) is 124 cm³/mol. The van der Waals surface area contributed by atoms with Gasteiger partial charge in [-0.2, -0.15) is 127 Å². The minimum absolute atomic E-state index is 0.00835. The Balaban J connectivity index is 7.84. The van der Waals surface area contributed by atoms with Crippen LogP contribution in [0.4, 0.5) is 127 Å². The number of carbonyl (C=O) groups excluding carboxylic acids is 2. The van der Waals surface area contributed by atoms with Gasteiger partial charge in [-0.15, -0.1) is 0 Å². The number of quaternary nitrogens is 1. The van der Waals surface area contributed by atoms with Crippen molar-refractivity contribution in [1.82, 2.24) is 0 Å². The lowest BCUT2D eigenvalue weighted by atomic mass is 9.81. The number of aliphatic carboxylic acids is 1. The van der Waals surface area contributed by atoms with Crippen molar-refractivity contribution in [2.24, 2.45) is 5.92 Å². The first kappa shape index (κ1) is 56.8. The molecule has 0 aliphatic rings. The molecule has 0 amide bonds. The smallest absolute Gasteiger partial charge is 0.460 e. The maximum Gasteiger partial charge on any atom is 0.460 e. The average Bonchev–Trinajstić information content (AvgIpc) is 3.01. The van der Waals surface area contributed by atoms with Crippen LogP contribution in [-0.4, -0.2) is 149 Å². The summed E-state index contributed by atoms with van der Waals surface area (Å²) in [6.07, 6.45) is -15.8. The van der Waals surface area contributed by atoms with Crippen molar-refractivity contribution in [2.45, 2.75) is 102 Å². The Kier molecular flexibility index (Phi) is 14.4. The number of halogens is 29. The van der Waals surface area contributed by atoms with E-state index in [1.54, 1.807) is 0 Å². The van der Waals surface area contributed by atoms with Gasteiger partial charge in [0.05, 0.1) is 32.6 Å². The molecule has 0 aliphatic carbocycles. The summed E-state index contributed by atoms with van der Waals surface area (Å²) in [5, 5.41) is 30.3. The second-order valence-electron chi connectivity index (χ2n) is 12.6. The molecule has 2 N–H and O–H groups in total. The molecule has 36 heteroatoms. The molecule has 0 saturated carbocycles. The minimum Gasteiger partial charge on any atom is -0.544 e. The molecule has 0 heterocycles. The van der Waals surface area contributed by atoms with Crippen LogP contribution in [0.15, 0.2) is 0 Å². The average molecular weight is 967 g/mol. The van der Waals surface area contributed by atoms with Crippen LogP contribution < -0.4 is 5.11 Å². The summed E-state index contributed by atoms with van der Waals surface area (Å²) in [5.41, 5.74) is 0. The van der Waals surface area contributed by atoms with Crippen LogP contribution in [0.2, 0.25) is 0 Å². The Bertz CT molecular complexity index is 1570. The number of carboxylic acid groups (broad SMARTS) is 1. The first-order valence-electron chi connectivity index (χ1n) is 14.0. The van der Waals surface area contributed by atoms with E-state index in [0.717, 1.165) is 0 Å². The SMILES string of the molecule is CC(=O)OC(C(CO)C(F)(F)C(F)(F)C(F)(F)C(F)(F)C(F)(F)C(F)(F)C(F)(F)C(F)(F)C(F)(F)C(F)(F)C(F)(F)C(F)(F)C(F)(F)C(F)(F)F)C(O)[N+](C)(C)CC(=O)[O-]. The van der Waals surface area contributed by atoms with Crippen molar-refractivity contribution < 1.29 is 161 Å². The van der Waals surface area contributed by atoms with Gasteiger partial charge >= 0.3 is 89.1 Å². The third-order valence-corrected chi connectivity index (χ3v) is 8.02. The second-order valence-corrected chi connectivity index (χ2v) is 12.6. The molecule has 0 saturated heterocycles. The molecule has 7 nitrogen and oxygen atoms in total. The van der Waals surface area contributed by atoms with Gasteiger partial charge in [-0.25, -0.2) is 0 Å². The molecule has 3 unspecified atom stereocenters. The van der Waals surface area contributed by atoms with E-state index in [4.69, 9.17) is 0 Å². The van der Waals surface area contributed by atoms with Gasteiger partial charge in [0, 0.05) is 6.92 Å². The molecule has 0 bridgehead atoms. The number of carbonyl (C=O) groups is 2. The molecule has 0 aliphatic heterocycles. The summed E-state index contributed by atoms with van der Waals surface area (Å²) >= 11 is 0. The molecular weight excluding hydrogens is 949 g/mol. The molecule has 60 heavy (non-hydrogen) atoms. The fourth-order valence-electron chi connectivity index (χ4n) is 4.38. The number of esters is 1. The Morgan fingerprint density at radius 3 is 0.933 bits per heavy atom. The fraction of sp³-hybridized carbons (Fsp3) is 0.917. The van der Waals surface area contributed by atoms with Gasteiger partial charge in [-0.3, -0.25) is 9.28 Å². The molecular formula is C24H18F29NO6. The number of alkyl halides is 29. The zero-order valence-corrected chi connectivity index (χ0v) is 28.1. The van der Waals surface area contributed by atoms with Gasteiger partial charge in [0.1, 0.15) is 6.54 Å². The third-order valence-electron chi connectivity index (χ3n) is 8.02. The van der Waals surface area contributed by atoms with E-state index in [1.807, 2.05) is 0 Å². The maximum atomic E-state index is 15.1. The van der Waals surface area contributed by atoms with Gasteiger partial charge in [0.25, 0.3) is 0 Å². The highest BCUT2D eigenvalue weighted by Crippen LogP contribution is 2.69. The Labute approximate surface area is 310 Å². The van der Waals surface area contributed by atoms with Crippen LogP contribution >= 0.6 is 0 Å². The van der Waals surface area contributed by atoms with Crippen molar-refractivity contribution in [3.05, 3.63) is 0 Å². The molecule has 0 fully saturated rings. The van der Waals surface area contributed by atoms with Gasteiger partial charge in [0.15, 0.2) is 6.10 Å². The van der Waals surface area contributed by atoms with Crippen molar-refractivity contribution in [2.75, 3.05) is 27.2 Å². The Hall–Kier alpha value is -3.21. The van der Waals surface area contributed by atoms with Crippen LogP contribution in [0.5, 0.6) is 0 Å². The molecule has 0 radical (unpaired) electrons. The fourth-order valence-corrected chi connectivity index (χ4v) is 4.38. The monoisotopic (exact) mass is 967 g/mol. The zero-order valence-electron chi connectivity index (χ0n) is 28.1. The van der Waals surface area contributed by atoms with Crippen LogP contribution in [0.3, 0.4) is 0 Å². The number of aliphatic hydroxyl groups is 2. The van der Waals surface area contributed by atoms with Crippen LogP contribution in [0, 0.1) is 5.92 Å². The summed E-state index contributed by atoms with van der Waals surface area (Å²) in [5.74, 6) is -133. The number of aliphatic hydroxyl groups excluding tert-OH is 2. The molecule has 3 atom stereocenters. The normalized spacial score (nSPS) is 17.6. The minimum atomic E-state index is -10.1. The predicted octanol–water partition coefficient (Wildman–Crippen LogP) is 6.49. The highest BCUT2D eigenvalue weighted by molar-refractivity contribution is 5.66. The van der Waals surface area contributed by atoms with E-state index in [0.29, 0.717) is 14.1 Å². The highest BCUT2D eigenvalue weighted by Gasteiger charge is 3.01. The van der Waals surface area contributed by atoms with Gasteiger partial charge < -0.3 is 24.9 Å². The van der Waals surface area contributed by atoms with Gasteiger partial charge in [-0.1, -0.05) is 0 Å². The second kappa shape index (κ2) is 15.3. The Morgan fingerprint density at radius 2 is 0.733 bits per heavy atom. The Morgan fingerprint density at radius 1 is 0.500 bits per heavy atom. The third kappa shape index (κ3) is 7.56. The van der Waals surface area contributed by atoms with Crippen molar-refractivity contribution in [3.63, 3.8) is 0 Å². The number of hydrogen-bond donors (Lipinski definition) is 2. The largest absolute Gasteiger partial charge is 0.544 e. The summed E-state index contributed by atoms with van der Waals surface area (Å²) in [6.45, 7) is -4.88. The van der Waals surface area contributed by atoms with Crippen LogP contribution in [-0.2, 0) is 14.3 Å². The first-order valence-corrected chi connectivity index (χ1v) is 14.0. The number of rotatable bonds is 20. The zero-order chi connectivity index (χ0) is 49.5. The van der Waals surface area contributed by atoms with E-state index in [-0.39, 0.29) is 6.92 Å². The molecule has 0 aromatic carbocycles. The van der Waals surface area contributed by atoms with Crippen molar-refractivity contribution in [3.8, 4) is 0 Å². The van der Waals surface area contributed by atoms with E-state index < -0.39 is 131 Å². The van der Waals surface area contributed by atoms with E-state index >= 15 is 8.78 Å². The van der Waals surface area contributed by atoms with Crippen molar-refractivity contribution in [1.29, 1.82) is 0 Å². The lowest BCUT2D eigenvalue weighted by Crippen LogP contribution is -2.79. The molecule has 0 aromatic rings. The topological polar surface area (TPSA) is 107 Å². The van der Waals surface area contributed by atoms with E-state index in [2.05, 4.69) is 4.74 Å². The first-order chi connectivity index (χ1) is 25.6. The van der Waals surface area contributed by atoms with Crippen LogP contribution in [0.25, 0.3) is 0 Å². The number of carboxylic acids is 1. The lowest BCUT2D eigenvalue weighted by Gasteiger charge is -2.47. The summed E-state index contributed by atoms with van der Waals surface area (Å²) in [6, 6.07) is 0. The molecule has 0 rings (SSSR count). The number of nitrogens with zero attached hydrogens (tertiary/aromatic N) is 1. The summed E-state index contributed by atoms with van der Waals surface area (Å²) in [7, 11) is 0.597. The molecule has 0 aromatic heterocycles. The lowest BCUT2D eigenvalue weighted by molar-refractivity contribution is -0.936. The summed E-state index contributed by atoms with van der Waals surface area (Å²) in [4.78, 5) is 22.3. The number of ether oxygens (including phenoxy) is 1.